The van der Waals surface area contributed by atoms with Crippen LogP contribution in [-0.4, -0.2) is 37.6 Å². The van der Waals surface area contributed by atoms with Crippen molar-refractivity contribution in [3.05, 3.63) is 80.4 Å². The number of hydrogen-bond donors (Lipinski definition) is 0. The molecule has 2 saturated heterocycles. The molecular weight excluding hydrogens is 459 g/mol. The average molecular weight is 481 g/mol. The van der Waals surface area contributed by atoms with Gasteiger partial charge in [0.25, 0.3) is 11.5 Å². The van der Waals surface area contributed by atoms with Gasteiger partial charge in [0.1, 0.15) is 21.6 Å². The first-order valence-corrected chi connectivity index (χ1v) is 11.9. The zero-order valence-corrected chi connectivity index (χ0v) is 19.6. The van der Waals surface area contributed by atoms with Gasteiger partial charge in [0.15, 0.2) is 0 Å². The fraction of sp³-hybridized carbons (Fsp3) is 0.250. The Morgan fingerprint density at radius 1 is 1.15 bits per heavy atom. The minimum atomic E-state index is -0.335. The van der Waals surface area contributed by atoms with Gasteiger partial charge in [0, 0.05) is 19.3 Å². The molecule has 0 unspecified atom stereocenters. The largest absolute Gasteiger partial charge is 0.356 e. The highest BCUT2D eigenvalue weighted by Gasteiger charge is 2.33. The number of benzene rings is 1. The molecule has 0 atom stereocenters. The van der Waals surface area contributed by atoms with Crippen molar-refractivity contribution >= 4 is 51.7 Å². The monoisotopic (exact) mass is 480 g/mol. The SMILES string of the molecule is Cc1cccn2c(=O)c(/C=C3\SC(=S)N(Cc4ccc(F)cc4)C3=O)c(N3CCCC3)nc12. The normalized spacial score (nSPS) is 17.7. The van der Waals surface area contributed by atoms with Crippen LogP contribution in [0.3, 0.4) is 0 Å². The summed E-state index contributed by atoms with van der Waals surface area (Å²) in [6.07, 6.45) is 5.40. The molecule has 2 aliphatic heterocycles. The Bertz CT molecular complexity index is 1360. The van der Waals surface area contributed by atoms with E-state index < -0.39 is 0 Å². The van der Waals surface area contributed by atoms with E-state index in [2.05, 4.69) is 4.90 Å². The number of hydrogen-bond acceptors (Lipinski definition) is 6. The standard InChI is InChI=1S/C24H21FN4O2S2/c1-15-5-4-12-28-20(15)26-21(27-10-2-3-11-27)18(22(28)30)13-19-23(31)29(24(32)33-19)14-16-6-8-17(25)9-7-16/h4-9,12-13H,2-3,10-11,14H2,1H3/b19-13-. The van der Waals surface area contributed by atoms with Crippen molar-refractivity contribution in [1.29, 1.82) is 0 Å². The fourth-order valence-corrected chi connectivity index (χ4v) is 5.37. The van der Waals surface area contributed by atoms with Gasteiger partial charge in [0.2, 0.25) is 0 Å². The number of rotatable bonds is 4. The van der Waals surface area contributed by atoms with Gasteiger partial charge in [-0.2, -0.15) is 0 Å². The molecule has 33 heavy (non-hydrogen) atoms. The minimum Gasteiger partial charge on any atom is -0.356 e. The van der Waals surface area contributed by atoms with Crippen LogP contribution < -0.4 is 10.5 Å². The van der Waals surface area contributed by atoms with Gasteiger partial charge < -0.3 is 4.90 Å². The van der Waals surface area contributed by atoms with Gasteiger partial charge in [-0.3, -0.25) is 18.9 Å². The first-order valence-electron chi connectivity index (χ1n) is 10.7. The van der Waals surface area contributed by atoms with Gasteiger partial charge in [-0.05, 0) is 55.2 Å². The van der Waals surface area contributed by atoms with E-state index in [9.17, 15) is 14.0 Å². The van der Waals surface area contributed by atoms with Crippen molar-refractivity contribution in [3.8, 4) is 0 Å². The maximum atomic E-state index is 13.5. The number of halogens is 1. The van der Waals surface area contributed by atoms with Gasteiger partial charge in [-0.25, -0.2) is 9.37 Å². The third kappa shape index (κ3) is 4.06. The second-order valence-corrected chi connectivity index (χ2v) is 9.80. The van der Waals surface area contributed by atoms with Crippen LogP contribution in [0.15, 0.2) is 52.3 Å². The number of thiocarbonyl (C=S) groups is 1. The third-order valence-corrected chi connectivity index (χ3v) is 7.25. The van der Waals surface area contributed by atoms with E-state index in [1.165, 1.54) is 33.2 Å². The lowest BCUT2D eigenvalue weighted by Crippen LogP contribution is -2.28. The number of carbonyl (C=O) groups is 1. The van der Waals surface area contributed by atoms with E-state index >= 15 is 0 Å². The Morgan fingerprint density at radius 3 is 2.61 bits per heavy atom. The van der Waals surface area contributed by atoms with Crippen molar-refractivity contribution in [1.82, 2.24) is 14.3 Å². The molecule has 0 spiro atoms. The molecule has 168 valence electrons. The van der Waals surface area contributed by atoms with E-state index in [-0.39, 0.29) is 23.8 Å². The summed E-state index contributed by atoms with van der Waals surface area (Å²) in [6.45, 7) is 3.81. The Labute approximate surface area is 199 Å². The number of aryl methyl sites for hydroxylation is 1. The summed E-state index contributed by atoms with van der Waals surface area (Å²) in [4.78, 5) is 35.5. The quantitative estimate of drug-likeness (QED) is 0.413. The maximum Gasteiger partial charge on any atom is 0.267 e. The number of fused-ring (bicyclic) bond motifs is 1. The van der Waals surface area contributed by atoms with Crippen LogP contribution in [0.4, 0.5) is 10.2 Å². The van der Waals surface area contributed by atoms with Crippen molar-refractivity contribution in [2.45, 2.75) is 26.3 Å². The van der Waals surface area contributed by atoms with Crippen LogP contribution in [0.25, 0.3) is 11.7 Å². The van der Waals surface area contributed by atoms with Crippen LogP contribution in [0.2, 0.25) is 0 Å². The zero-order chi connectivity index (χ0) is 23.1. The van der Waals surface area contributed by atoms with Gasteiger partial charge >= 0.3 is 0 Å². The number of amides is 1. The summed E-state index contributed by atoms with van der Waals surface area (Å²) >= 11 is 6.61. The molecule has 2 fully saturated rings. The maximum absolute atomic E-state index is 13.5. The average Bonchev–Trinajstić information content (AvgIpc) is 3.42. The molecule has 6 nitrogen and oxygen atoms in total. The highest BCUT2D eigenvalue weighted by atomic mass is 32.2. The lowest BCUT2D eigenvalue weighted by Gasteiger charge is -2.20. The molecule has 4 heterocycles. The van der Waals surface area contributed by atoms with Crippen molar-refractivity contribution in [2.24, 2.45) is 0 Å². The molecule has 9 heteroatoms. The highest BCUT2D eigenvalue weighted by molar-refractivity contribution is 8.26. The van der Waals surface area contributed by atoms with Gasteiger partial charge in [0.05, 0.1) is 17.0 Å². The number of aromatic nitrogens is 2. The number of anilines is 1. The Kier molecular flexibility index (Phi) is 5.76. The molecule has 2 aromatic heterocycles. The number of pyridine rings is 1. The molecule has 3 aromatic rings. The van der Waals surface area contributed by atoms with E-state index in [1.54, 1.807) is 24.4 Å². The van der Waals surface area contributed by atoms with Gasteiger partial charge in [-0.15, -0.1) is 0 Å². The topological polar surface area (TPSA) is 57.9 Å². The third-order valence-electron chi connectivity index (χ3n) is 5.87. The molecule has 1 amide bonds. The molecule has 1 aromatic carbocycles. The second kappa shape index (κ2) is 8.72. The number of nitrogens with zero attached hydrogens (tertiary/aromatic N) is 4. The number of carbonyl (C=O) groups excluding carboxylic acids is 1. The zero-order valence-electron chi connectivity index (χ0n) is 18.0. The Hall–Kier alpha value is -3.04. The van der Waals surface area contributed by atoms with Crippen molar-refractivity contribution < 1.29 is 9.18 Å². The van der Waals surface area contributed by atoms with Crippen molar-refractivity contribution in [3.63, 3.8) is 0 Å². The number of thioether (sulfide) groups is 1. The second-order valence-electron chi connectivity index (χ2n) is 8.13. The molecule has 5 rings (SSSR count). The Balaban J connectivity index is 1.57. The van der Waals surface area contributed by atoms with Crippen LogP contribution in [0, 0.1) is 12.7 Å². The summed E-state index contributed by atoms with van der Waals surface area (Å²) in [5.74, 6) is 0.00373. The summed E-state index contributed by atoms with van der Waals surface area (Å²) in [5.41, 5.74) is 2.48. The highest BCUT2D eigenvalue weighted by Crippen LogP contribution is 2.35. The van der Waals surface area contributed by atoms with E-state index in [4.69, 9.17) is 17.2 Å². The van der Waals surface area contributed by atoms with Crippen LogP contribution in [0.5, 0.6) is 0 Å². The molecule has 0 saturated carbocycles. The first-order chi connectivity index (χ1) is 15.9. The molecule has 0 bridgehead atoms. The van der Waals surface area contributed by atoms with Crippen molar-refractivity contribution in [2.75, 3.05) is 18.0 Å². The van der Waals surface area contributed by atoms with Crippen LogP contribution >= 0.6 is 24.0 Å². The predicted octanol–water partition coefficient (Wildman–Crippen LogP) is 4.14. The first kappa shape index (κ1) is 21.8. The minimum absolute atomic E-state index is 0.214. The molecular formula is C24H21FN4O2S2. The van der Waals surface area contributed by atoms with Crippen LogP contribution in [-0.2, 0) is 11.3 Å². The molecule has 0 N–H and O–H groups in total. The molecule has 2 aliphatic rings. The smallest absolute Gasteiger partial charge is 0.267 e. The summed E-state index contributed by atoms with van der Waals surface area (Å²) in [6, 6.07) is 9.71. The Morgan fingerprint density at radius 2 is 1.88 bits per heavy atom. The van der Waals surface area contributed by atoms with E-state index in [0.717, 1.165) is 37.1 Å². The molecule has 0 aliphatic carbocycles. The lowest BCUT2D eigenvalue weighted by atomic mass is 10.2. The van der Waals surface area contributed by atoms with Crippen LogP contribution in [0.1, 0.15) is 29.5 Å². The summed E-state index contributed by atoms with van der Waals surface area (Å²) in [5, 5.41) is 0. The summed E-state index contributed by atoms with van der Waals surface area (Å²) in [7, 11) is 0. The van der Waals surface area contributed by atoms with E-state index in [0.29, 0.717) is 26.3 Å². The fourth-order valence-electron chi connectivity index (χ4n) is 4.14. The molecule has 0 radical (unpaired) electrons. The summed E-state index contributed by atoms with van der Waals surface area (Å²) < 4.78 is 15.2. The predicted molar refractivity (Wildman–Crippen MR) is 133 cm³/mol. The van der Waals surface area contributed by atoms with Gasteiger partial charge in [-0.1, -0.05) is 42.2 Å². The van der Waals surface area contributed by atoms with E-state index in [1.807, 2.05) is 19.1 Å². The lowest BCUT2D eigenvalue weighted by molar-refractivity contribution is -0.122.